The number of piperidine rings is 1. The molecule has 1 heterocycles. The van der Waals surface area contributed by atoms with E-state index in [2.05, 4.69) is 27.8 Å². The maximum atomic E-state index is 13.3. The topological polar surface area (TPSA) is 29.3 Å². The minimum Gasteiger partial charge on any atom is -0.397 e. The van der Waals surface area contributed by atoms with Crippen molar-refractivity contribution in [2.75, 3.05) is 23.7 Å². The van der Waals surface area contributed by atoms with Crippen LogP contribution in [0.2, 0.25) is 0 Å². The average Bonchev–Trinajstić information content (AvgIpc) is 2.35. The summed E-state index contributed by atoms with van der Waals surface area (Å²) in [6.45, 7) is 4.28. The van der Waals surface area contributed by atoms with Crippen molar-refractivity contribution in [3.8, 4) is 0 Å². The van der Waals surface area contributed by atoms with Gasteiger partial charge in [0.25, 0.3) is 0 Å². The standard InChI is InChI=1S/C14H20BrFN2/c1-2-3-10-4-6-18(7-5-10)14-8-11(15)12(16)9-13(14)17/h8-10H,2-7,17H2,1H3. The maximum absolute atomic E-state index is 13.3. The summed E-state index contributed by atoms with van der Waals surface area (Å²) < 4.78 is 13.8. The summed E-state index contributed by atoms with van der Waals surface area (Å²) in [6.07, 6.45) is 5.00. The largest absolute Gasteiger partial charge is 0.397 e. The lowest BCUT2D eigenvalue weighted by Crippen LogP contribution is -2.34. The summed E-state index contributed by atoms with van der Waals surface area (Å²) in [6, 6.07) is 3.20. The molecule has 1 saturated heterocycles. The molecular weight excluding hydrogens is 295 g/mol. The molecule has 1 fully saturated rings. The molecule has 18 heavy (non-hydrogen) atoms. The van der Waals surface area contributed by atoms with E-state index < -0.39 is 0 Å². The van der Waals surface area contributed by atoms with E-state index in [4.69, 9.17) is 5.73 Å². The van der Waals surface area contributed by atoms with Crippen molar-refractivity contribution in [2.24, 2.45) is 5.92 Å². The van der Waals surface area contributed by atoms with Crippen molar-refractivity contribution >= 4 is 27.3 Å². The van der Waals surface area contributed by atoms with Crippen molar-refractivity contribution < 1.29 is 4.39 Å². The molecule has 0 saturated carbocycles. The van der Waals surface area contributed by atoms with Gasteiger partial charge in [-0.1, -0.05) is 19.8 Å². The van der Waals surface area contributed by atoms with Gasteiger partial charge < -0.3 is 10.6 Å². The molecule has 0 radical (unpaired) electrons. The molecule has 2 nitrogen and oxygen atoms in total. The van der Waals surface area contributed by atoms with Crippen LogP contribution in [0, 0.1) is 11.7 Å². The molecule has 1 aliphatic heterocycles. The third kappa shape index (κ3) is 2.97. The first kappa shape index (κ1) is 13.7. The third-order valence-corrected chi connectivity index (χ3v) is 4.33. The second kappa shape index (κ2) is 5.91. The van der Waals surface area contributed by atoms with Crippen LogP contribution in [0.4, 0.5) is 15.8 Å². The number of nitrogens with zero attached hydrogens (tertiary/aromatic N) is 1. The fraction of sp³-hybridized carbons (Fsp3) is 0.571. The van der Waals surface area contributed by atoms with Gasteiger partial charge in [-0.05, 0) is 40.8 Å². The summed E-state index contributed by atoms with van der Waals surface area (Å²) in [7, 11) is 0. The molecule has 0 spiro atoms. The number of nitrogen functional groups attached to an aromatic ring is 1. The van der Waals surface area contributed by atoms with Crippen LogP contribution in [0.5, 0.6) is 0 Å². The predicted octanol–water partition coefficient (Wildman–Crippen LogP) is 4.19. The highest BCUT2D eigenvalue weighted by Crippen LogP contribution is 2.33. The van der Waals surface area contributed by atoms with Gasteiger partial charge in [-0.3, -0.25) is 0 Å². The smallest absolute Gasteiger partial charge is 0.139 e. The van der Waals surface area contributed by atoms with Gasteiger partial charge in [0.2, 0.25) is 0 Å². The van der Waals surface area contributed by atoms with Crippen LogP contribution in [-0.4, -0.2) is 13.1 Å². The van der Waals surface area contributed by atoms with Gasteiger partial charge in [-0.2, -0.15) is 0 Å². The number of hydrogen-bond donors (Lipinski definition) is 1. The zero-order chi connectivity index (χ0) is 13.1. The summed E-state index contributed by atoms with van der Waals surface area (Å²) >= 11 is 3.23. The second-order valence-corrected chi connectivity index (χ2v) is 5.90. The highest BCUT2D eigenvalue weighted by Gasteiger charge is 2.20. The molecule has 0 aromatic heterocycles. The number of halogens is 2. The number of rotatable bonds is 3. The number of benzene rings is 1. The van der Waals surface area contributed by atoms with Gasteiger partial charge >= 0.3 is 0 Å². The van der Waals surface area contributed by atoms with Gasteiger partial charge in [0.1, 0.15) is 5.82 Å². The molecule has 0 aliphatic carbocycles. The Morgan fingerprint density at radius 2 is 2.06 bits per heavy atom. The molecule has 1 aliphatic rings. The maximum Gasteiger partial charge on any atom is 0.139 e. The van der Waals surface area contributed by atoms with Crippen LogP contribution in [0.3, 0.4) is 0 Å². The molecule has 2 N–H and O–H groups in total. The number of anilines is 2. The van der Waals surface area contributed by atoms with Crippen molar-refractivity contribution in [2.45, 2.75) is 32.6 Å². The van der Waals surface area contributed by atoms with Gasteiger partial charge in [-0.25, -0.2) is 4.39 Å². The molecular formula is C14H20BrFN2. The average molecular weight is 315 g/mol. The zero-order valence-electron chi connectivity index (χ0n) is 10.8. The Balaban J connectivity index is 2.07. The third-order valence-electron chi connectivity index (χ3n) is 3.72. The molecule has 2 rings (SSSR count). The molecule has 0 amide bonds. The first-order chi connectivity index (χ1) is 8.61. The Morgan fingerprint density at radius 3 is 2.67 bits per heavy atom. The van der Waals surface area contributed by atoms with Gasteiger partial charge in [0.05, 0.1) is 15.8 Å². The highest BCUT2D eigenvalue weighted by molar-refractivity contribution is 9.10. The first-order valence-electron chi connectivity index (χ1n) is 6.61. The van der Waals surface area contributed by atoms with Crippen LogP contribution in [-0.2, 0) is 0 Å². The van der Waals surface area contributed by atoms with Crippen LogP contribution in [0.15, 0.2) is 16.6 Å². The van der Waals surface area contributed by atoms with E-state index in [1.165, 1.54) is 31.7 Å². The number of hydrogen-bond acceptors (Lipinski definition) is 2. The molecule has 1 aromatic rings. The quantitative estimate of drug-likeness (QED) is 0.848. The lowest BCUT2D eigenvalue weighted by molar-refractivity contribution is 0.378. The van der Waals surface area contributed by atoms with Crippen molar-refractivity contribution in [1.29, 1.82) is 0 Å². The lowest BCUT2D eigenvalue weighted by atomic mass is 9.92. The van der Waals surface area contributed by atoms with E-state index in [1.807, 2.05) is 0 Å². The van der Waals surface area contributed by atoms with E-state index in [1.54, 1.807) is 6.07 Å². The fourth-order valence-corrected chi connectivity index (χ4v) is 3.03. The van der Waals surface area contributed by atoms with E-state index in [9.17, 15) is 4.39 Å². The fourth-order valence-electron chi connectivity index (χ4n) is 2.70. The van der Waals surface area contributed by atoms with Crippen molar-refractivity contribution in [3.05, 3.63) is 22.4 Å². The normalized spacial score (nSPS) is 17.2. The van der Waals surface area contributed by atoms with Crippen LogP contribution in [0.25, 0.3) is 0 Å². The Labute approximate surface area is 116 Å². The molecule has 0 unspecified atom stereocenters. The molecule has 1 aromatic carbocycles. The summed E-state index contributed by atoms with van der Waals surface area (Å²) in [5, 5.41) is 0. The van der Waals surface area contributed by atoms with E-state index >= 15 is 0 Å². The van der Waals surface area contributed by atoms with Crippen LogP contribution < -0.4 is 10.6 Å². The highest BCUT2D eigenvalue weighted by atomic mass is 79.9. The number of nitrogens with two attached hydrogens (primary N) is 1. The monoisotopic (exact) mass is 314 g/mol. The zero-order valence-corrected chi connectivity index (χ0v) is 12.3. The molecule has 4 heteroatoms. The summed E-state index contributed by atoms with van der Waals surface area (Å²) in [4.78, 5) is 2.27. The van der Waals surface area contributed by atoms with Crippen molar-refractivity contribution in [3.63, 3.8) is 0 Å². The molecule has 0 bridgehead atoms. The van der Waals surface area contributed by atoms with Gasteiger partial charge in [0.15, 0.2) is 0 Å². The Bertz CT molecular complexity index is 415. The minimum absolute atomic E-state index is 0.294. The Hall–Kier alpha value is -0.770. The predicted molar refractivity (Wildman–Crippen MR) is 78.4 cm³/mol. The summed E-state index contributed by atoms with van der Waals surface area (Å²) in [5.74, 6) is 0.550. The van der Waals surface area contributed by atoms with Gasteiger partial charge in [0, 0.05) is 19.2 Å². The molecule has 100 valence electrons. The van der Waals surface area contributed by atoms with Gasteiger partial charge in [-0.15, -0.1) is 0 Å². The lowest BCUT2D eigenvalue weighted by Gasteiger charge is -2.34. The second-order valence-electron chi connectivity index (χ2n) is 5.04. The Morgan fingerprint density at radius 1 is 1.39 bits per heavy atom. The van der Waals surface area contributed by atoms with E-state index in [0.29, 0.717) is 10.2 Å². The van der Waals surface area contributed by atoms with E-state index in [0.717, 1.165) is 24.7 Å². The molecule has 0 atom stereocenters. The van der Waals surface area contributed by atoms with Crippen LogP contribution in [0.1, 0.15) is 32.6 Å². The summed E-state index contributed by atoms with van der Waals surface area (Å²) in [5.41, 5.74) is 7.40. The first-order valence-corrected chi connectivity index (χ1v) is 7.40. The van der Waals surface area contributed by atoms with E-state index in [-0.39, 0.29) is 5.82 Å². The Kier molecular flexibility index (Phi) is 4.49. The SMILES string of the molecule is CCCC1CCN(c2cc(Br)c(F)cc2N)CC1. The minimum atomic E-state index is -0.294. The van der Waals surface area contributed by atoms with Crippen LogP contribution >= 0.6 is 15.9 Å². The van der Waals surface area contributed by atoms with Crippen molar-refractivity contribution in [1.82, 2.24) is 0 Å².